The molecule has 5 nitrogen and oxygen atoms in total. The summed E-state index contributed by atoms with van der Waals surface area (Å²) in [7, 11) is 0. The van der Waals surface area contributed by atoms with E-state index >= 15 is 0 Å². The third-order valence-corrected chi connectivity index (χ3v) is 3.49. The number of hydrogen-bond acceptors (Lipinski definition) is 3. The van der Waals surface area contributed by atoms with Crippen molar-refractivity contribution in [1.82, 2.24) is 0 Å². The van der Waals surface area contributed by atoms with Crippen LogP contribution in [-0.4, -0.2) is 17.9 Å². The molecule has 1 heterocycles. The van der Waals surface area contributed by atoms with Crippen LogP contribution in [0.15, 0.2) is 18.2 Å². The fourth-order valence-corrected chi connectivity index (χ4v) is 2.06. The summed E-state index contributed by atoms with van der Waals surface area (Å²) in [6, 6.07) is 4.95. The Kier molecular flexibility index (Phi) is 3.81. The second kappa shape index (κ2) is 5.25. The standard InChI is InChI=1S/C15H21N3O2/c1-15(2,3)13(16)14(20)17-10-6-4-9-5-7-12(19)18-11(9)8-10/h4,6,8,13H,5,7,16H2,1-3H3,(H,17,20)(H,18,19)/t13-/m1/s1. The number of aryl methyl sites for hydroxylation is 1. The number of benzene rings is 1. The Bertz CT molecular complexity index is 547. The van der Waals surface area contributed by atoms with Crippen molar-refractivity contribution < 1.29 is 9.59 Å². The Morgan fingerprint density at radius 3 is 2.70 bits per heavy atom. The smallest absolute Gasteiger partial charge is 0.241 e. The van der Waals surface area contributed by atoms with Crippen molar-refractivity contribution in [3.63, 3.8) is 0 Å². The van der Waals surface area contributed by atoms with E-state index in [0.717, 1.165) is 17.7 Å². The van der Waals surface area contributed by atoms with Gasteiger partial charge in [-0.25, -0.2) is 0 Å². The van der Waals surface area contributed by atoms with Gasteiger partial charge in [0.1, 0.15) is 0 Å². The van der Waals surface area contributed by atoms with Gasteiger partial charge in [-0.3, -0.25) is 9.59 Å². The van der Waals surface area contributed by atoms with Crippen molar-refractivity contribution in [3.8, 4) is 0 Å². The van der Waals surface area contributed by atoms with E-state index in [-0.39, 0.29) is 17.2 Å². The maximum Gasteiger partial charge on any atom is 0.241 e. The number of amides is 2. The lowest BCUT2D eigenvalue weighted by atomic mass is 9.87. The summed E-state index contributed by atoms with van der Waals surface area (Å²) >= 11 is 0. The van der Waals surface area contributed by atoms with Crippen LogP contribution in [0, 0.1) is 5.41 Å². The molecule has 4 N–H and O–H groups in total. The molecule has 1 aromatic rings. The minimum absolute atomic E-state index is 0.00682. The highest BCUT2D eigenvalue weighted by Crippen LogP contribution is 2.26. The highest BCUT2D eigenvalue weighted by Gasteiger charge is 2.27. The van der Waals surface area contributed by atoms with E-state index in [1.807, 2.05) is 32.9 Å². The lowest BCUT2D eigenvalue weighted by Crippen LogP contribution is -2.45. The number of carbonyl (C=O) groups is 2. The fourth-order valence-electron chi connectivity index (χ4n) is 2.06. The van der Waals surface area contributed by atoms with Gasteiger partial charge in [-0.15, -0.1) is 0 Å². The van der Waals surface area contributed by atoms with Crippen LogP contribution in [0.5, 0.6) is 0 Å². The zero-order valence-electron chi connectivity index (χ0n) is 12.1. The second-order valence-corrected chi connectivity index (χ2v) is 6.25. The molecule has 108 valence electrons. The van der Waals surface area contributed by atoms with Crippen molar-refractivity contribution in [3.05, 3.63) is 23.8 Å². The quantitative estimate of drug-likeness (QED) is 0.770. The van der Waals surface area contributed by atoms with Gasteiger partial charge in [0.2, 0.25) is 11.8 Å². The predicted molar refractivity (Wildman–Crippen MR) is 79.5 cm³/mol. The van der Waals surface area contributed by atoms with Crippen LogP contribution in [0.2, 0.25) is 0 Å². The highest BCUT2D eigenvalue weighted by atomic mass is 16.2. The largest absolute Gasteiger partial charge is 0.326 e. The van der Waals surface area contributed by atoms with Crippen LogP contribution in [0.25, 0.3) is 0 Å². The number of nitrogens with one attached hydrogen (secondary N) is 2. The van der Waals surface area contributed by atoms with Crippen molar-refractivity contribution in [1.29, 1.82) is 0 Å². The SMILES string of the molecule is CC(C)(C)[C@H](N)C(=O)Nc1ccc2c(c1)NC(=O)CC2. The van der Waals surface area contributed by atoms with Crippen LogP contribution in [0.1, 0.15) is 32.8 Å². The molecular formula is C15H21N3O2. The van der Waals surface area contributed by atoms with E-state index < -0.39 is 6.04 Å². The average molecular weight is 275 g/mol. The van der Waals surface area contributed by atoms with Gasteiger partial charge in [-0.1, -0.05) is 26.8 Å². The number of anilines is 2. The molecule has 0 saturated heterocycles. The fraction of sp³-hybridized carbons (Fsp3) is 0.467. The van der Waals surface area contributed by atoms with E-state index in [1.165, 1.54) is 0 Å². The molecule has 2 rings (SSSR count). The Labute approximate surface area is 118 Å². The van der Waals surface area contributed by atoms with Crippen molar-refractivity contribution in [2.24, 2.45) is 11.1 Å². The zero-order chi connectivity index (χ0) is 14.9. The monoisotopic (exact) mass is 275 g/mol. The maximum atomic E-state index is 12.1. The Hall–Kier alpha value is -1.88. The molecule has 1 aromatic carbocycles. The van der Waals surface area contributed by atoms with Crippen molar-refractivity contribution in [2.75, 3.05) is 10.6 Å². The maximum absolute atomic E-state index is 12.1. The molecule has 0 saturated carbocycles. The summed E-state index contributed by atoms with van der Waals surface area (Å²) in [5.74, 6) is -0.216. The van der Waals surface area contributed by atoms with Gasteiger partial charge in [-0.2, -0.15) is 0 Å². The van der Waals surface area contributed by atoms with Gasteiger partial charge in [0.15, 0.2) is 0 Å². The van der Waals surface area contributed by atoms with Gasteiger partial charge in [0, 0.05) is 17.8 Å². The van der Waals surface area contributed by atoms with E-state index in [1.54, 1.807) is 6.07 Å². The first-order chi connectivity index (χ1) is 9.27. The summed E-state index contributed by atoms with van der Waals surface area (Å²) in [6.45, 7) is 5.76. The number of carbonyl (C=O) groups excluding carboxylic acids is 2. The molecule has 1 aliphatic rings. The summed E-state index contributed by atoms with van der Waals surface area (Å²) in [6.07, 6.45) is 1.24. The van der Waals surface area contributed by atoms with Crippen molar-refractivity contribution in [2.45, 2.75) is 39.7 Å². The van der Waals surface area contributed by atoms with Gasteiger partial charge >= 0.3 is 0 Å². The molecule has 0 unspecified atom stereocenters. The molecule has 1 atom stereocenters. The Balaban J connectivity index is 2.13. The summed E-state index contributed by atoms with van der Waals surface area (Å²) < 4.78 is 0. The van der Waals surface area contributed by atoms with Crippen LogP contribution < -0.4 is 16.4 Å². The Morgan fingerprint density at radius 2 is 2.05 bits per heavy atom. The molecule has 2 amide bonds. The van der Waals surface area contributed by atoms with Gasteiger partial charge in [0.25, 0.3) is 0 Å². The van der Waals surface area contributed by atoms with Gasteiger partial charge < -0.3 is 16.4 Å². The Morgan fingerprint density at radius 1 is 1.35 bits per heavy atom. The highest BCUT2D eigenvalue weighted by molar-refractivity contribution is 5.98. The molecule has 5 heteroatoms. The second-order valence-electron chi connectivity index (χ2n) is 6.25. The van der Waals surface area contributed by atoms with Gasteiger partial charge in [0.05, 0.1) is 6.04 Å². The lowest BCUT2D eigenvalue weighted by molar-refractivity contribution is -0.119. The number of rotatable bonds is 2. The topological polar surface area (TPSA) is 84.2 Å². The van der Waals surface area contributed by atoms with Crippen molar-refractivity contribution >= 4 is 23.2 Å². The number of fused-ring (bicyclic) bond motifs is 1. The molecule has 20 heavy (non-hydrogen) atoms. The number of hydrogen-bond donors (Lipinski definition) is 3. The minimum Gasteiger partial charge on any atom is -0.326 e. The van der Waals surface area contributed by atoms with Crippen LogP contribution in [0.3, 0.4) is 0 Å². The molecule has 0 bridgehead atoms. The molecule has 0 spiro atoms. The van der Waals surface area contributed by atoms with E-state index in [4.69, 9.17) is 5.73 Å². The lowest BCUT2D eigenvalue weighted by Gasteiger charge is -2.26. The molecule has 0 aliphatic carbocycles. The zero-order valence-corrected chi connectivity index (χ0v) is 12.1. The van der Waals surface area contributed by atoms with Crippen LogP contribution in [0.4, 0.5) is 11.4 Å². The average Bonchev–Trinajstić information content (AvgIpc) is 2.36. The third kappa shape index (κ3) is 3.17. The molecular weight excluding hydrogens is 254 g/mol. The van der Waals surface area contributed by atoms with E-state index in [9.17, 15) is 9.59 Å². The summed E-state index contributed by atoms with van der Waals surface area (Å²) in [4.78, 5) is 23.4. The molecule has 0 fully saturated rings. The van der Waals surface area contributed by atoms with Gasteiger partial charge in [-0.05, 0) is 29.5 Å². The van der Waals surface area contributed by atoms with E-state index in [0.29, 0.717) is 12.1 Å². The third-order valence-electron chi connectivity index (χ3n) is 3.49. The van der Waals surface area contributed by atoms with E-state index in [2.05, 4.69) is 10.6 Å². The first-order valence-electron chi connectivity index (χ1n) is 6.76. The minimum atomic E-state index is -0.590. The summed E-state index contributed by atoms with van der Waals surface area (Å²) in [5, 5.41) is 5.61. The molecule has 0 aromatic heterocycles. The molecule has 1 aliphatic heterocycles. The van der Waals surface area contributed by atoms with Crippen LogP contribution in [-0.2, 0) is 16.0 Å². The number of nitrogens with two attached hydrogens (primary N) is 1. The first-order valence-corrected chi connectivity index (χ1v) is 6.76. The predicted octanol–water partition coefficient (Wildman–Crippen LogP) is 1.88. The first kappa shape index (κ1) is 14.5. The molecule has 0 radical (unpaired) electrons. The van der Waals surface area contributed by atoms with Crippen LogP contribution >= 0.6 is 0 Å². The normalized spacial score (nSPS) is 16.1. The summed E-state index contributed by atoms with van der Waals surface area (Å²) in [5.41, 5.74) is 8.12.